The molecule has 3 N–H and O–H groups in total. The molecule has 0 radical (unpaired) electrons. The number of rotatable bonds is 6. The fourth-order valence-corrected chi connectivity index (χ4v) is 4.57. The topological polar surface area (TPSA) is 77.2 Å². The van der Waals surface area contributed by atoms with E-state index in [9.17, 15) is 4.79 Å². The summed E-state index contributed by atoms with van der Waals surface area (Å²) in [6, 6.07) is 6.09. The number of carbonyl (C=O) groups excluding carboxylic acids is 1. The number of carbonyl (C=O) groups is 1. The van der Waals surface area contributed by atoms with Crippen molar-refractivity contribution in [2.45, 2.75) is 26.2 Å². The van der Waals surface area contributed by atoms with Gasteiger partial charge in [0.2, 0.25) is 5.91 Å². The zero-order chi connectivity index (χ0) is 21.5. The Hall–Kier alpha value is -1.99. The summed E-state index contributed by atoms with van der Waals surface area (Å²) in [5.74, 6) is 0.815. The lowest BCUT2D eigenvalue weighted by atomic mass is 9.97. The third-order valence-electron chi connectivity index (χ3n) is 6.14. The number of amides is 1. The normalized spacial score (nSPS) is 21.0. The monoisotopic (exact) mass is 434 g/mol. The summed E-state index contributed by atoms with van der Waals surface area (Å²) >= 11 is 6.20. The summed E-state index contributed by atoms with van der Waals surface area (Å²) < 4.78 is 0. The van der Waals surface area contributed by atoms with E-state index in [4.69, 9.17) is 17.3 Å². The maximum Gasteiger partial charge on any atom is 0.221 e. The van der Waals surface area contributed by atoms with Crippen molar-refractivity contribution in [3.63, 3.8) is 0 Å². The number of anilines is 1. The van der Waals surface area contributed by atoms with Crippen molar-refractivity contribution < 1.29 is 4.79 Å². The van der Waals surface area contributed by atoms with Gasteiger partial charge in [-0.3, -0.25) is 9.79 Å². The lowest BCUT2D eigenvalue weighted by Gasteiger charge is -2.38. The minimum absolute atomic E-state index is 0.0129. The van der Waals surface area contributed by atoms with Crippen molar-refractivity contribution in [2.24, 2.45) is 16.6 Å². The van der Waals surface area contributed by atoms with Crippen molar-refractivity contribution in [1.82, 2.24) is 15.1 Å². The molecule has 1 atom stereocenters. The van der Waals surface area contributed by atoms with E-state index in [2.05, 4.69) is 44.1 Å². The van der Waals surface area contributed by atoms with Gasteiger partial charge in [0, 0.05) is 57.0 Å². The molecule has 1 unspecified atom stereocenters. The lowest BCUT2D eigenvalue weighted by molar-refractivity contribution is -0.123. The Morgan fingerprint density at radius 1 is 1.27 bits per heavy atom. The van der Waals surface area contributed by atoms with Crippen molar-refractivity contribution in [2.75, 3.05) is 64.3 Å². The molecule has 1 aromatic rings. The summed E-state index contributed by atoms with van der Waals surface area (Å²) in [5.41, 5.74) is 7.96. The number of piperazine rings is 1. The van der Waals surface area contributed by atoms with Crippen LogP contribution >= 0.6 is 11.6 Å². The molecule has 166 valence electrons. The minimum atomic E-state index is -0.162. The first kappa shape index (κ1) is 22.7. The number of likely N-dealkylation sites (tertiary alicyclic amines) is 1. The molecule has 3 rings (SSSR count). The Morgan fingerprint density at radius 3 is 2.73 bits per heavy atom. The maximum absolute atomic E-state index is 11.4. The number of aryl methyl sites for hydroxylation is 1. The number of benzene rings is 1. The quantitative estimate of drug-likeness (QED) is 0.406. The molecule has 2 aliphatic heterocycles. The Bertz CT molecular complexity index is 747. The Labute approximate surface area is 185 Å². The highest BCUT2D eigenvalue weighted by Gasteiger charge is 2.24. The summed E-state index contributed by atoms with van der Waals surface area (Å²) in [6.07, 6.45) is 3.00. The van der Waals surface area contributed by atoms with Crippen molar-refractivity contribution >= 4 is 29.2 Å². The van der Waals surface area contributed by atoms with E-state index in [1.54, 1.807) is 0 Å². The number of piperidine rings is 1. The number of halogens is 1. The van der Waals surface area contributed by atoms with Gasteiger partial charge in [-0.15, -0.1) is 0 Å². The molecule has 0 bridgehead atoms. The molecule has 2 aliphatic rings. The van der Waals surface area contributed by atoms with Gasteiger partial charge in [0.1, 0.15) is 0 Å². The van der Waals surface area contributed by atoms with E-state index in [0.29, 0.717) is 0 Å². The van der Waals surface area contributed by atoms with Crippen LogP contribution in [0.3, 0.4) is 0 Å². The zero-order valence-corrected chi connectivity index (χ0v) is 19.0. The molecule has 0 spiro atoms. The van der Waals surface area contributed by atoms with Gasteiger partial charge in [-0.2, -0.15) is 0 Å². The Balaban J connectivity index is 1.41. The predicted octanol–water partition coefficient (Wildman–Crippen LogP) is 1.93. The fourth-order valence-electron chi connectivity index (χ4n) is 4.41. The van der Waals surface area contributed by atoms with Crippen LogP contribution in [0.5, 0.6) is 0 Å². The van der Waals surface area contributed by atoms with Crippen LogP contribution in [0.25, 0.3) is 0 Å². The number of hydrogen-bond acceptors (Lipinski definition) is 4. The van der Waals surface area contributed by atoms with Gasteiger partial charge in [-0.05, 0) is 57.0 Å². The second-order valence-corrected chi connectivity index (χ2v) is 8.71. The van der Waals surface area contributed by atoms with Gasteiger partial charge in [0.15, 0.2) is 5.96 Å². The maximum atomic E-state index is 11.4. The van der Waals surface area contributed by atoms with E-state index in [1.165, 1.54) is 11.3 Å². The van der Waals surface area contributed by atoms with Crippen LogP contribution in [0.2, 0.25) is 5.02 Å². The SMILES string of the molecule is CN=C(NCCCN1CCCC(C(N)=O)C1)N1CCN(c2cc(Cl)ccc2C)CC1. The molecule has 30 heavy (non-hydrogen) atoms. The first-order valence-corrected chi connectivity index (χ1v) is 11.3. The summed E-state index contributed by atoms with van der Waals surface area (Å²) in [6.45, 7) is 9.60. The average molecular weight is 435 g/mol. The largest absolute Gasteiger partial charge is 0.369 e. The molecule has 2 fully saturated rings. The van der Waals surface area contributed by atoms with E-state index < -0.39 is 0 Å². The van der Waals surface area contributed by atoms with Crippen molar-refractivity contribution in [3.8, 4) is 0 Å². The molecule has 1 aromatic carbocycles. The Kier molecular flexibility index (Phi) is 8.22. The number of nitrogens with zero attached hydrogens (tertiary/aromatic N) is 4. The third kappa shape index (κ3) is 6.01. The molecule has 2 saturated heterocycles. The van der Waals surface area contributed by atoms with Gasteiger partial charge in [0.25, 0.3) is 0 Å². The van der Waals surface area contributed by atoms with E-state index in [1.807, 2.05) is 13.1 Å². The summed E-state index contributed by atoms with van der Waals surface area (Å²) in [4.78, 5) is 23.0. The standard InChI is InChI=1S/C22H35ClN6O/c1-17-6-7-19(23)15-20(17)28-11-13-29(14-12-28)22(25-2)26-8-4-10-27-9-3-5-18(16-27)21(24)30/h6-7,15,18H,3-5,8-14,16H2,1-2H3,(H2,24,30)(H,25,26). The molecule has 0 aromatic heterocycles. The van der Waals surface area contributed by atoms with Gasteiger partial charge in [-0.25, -0.2) is 0 Å². The number of nitrogens with two attached hydrogens (primary N) is 1. The zero-order valence-electron chi connectivity index (χ0n) is 18.2. The summed E-state index contributed by atoms with van der Waals surface area (Å²) in [5, 5.41) is 4.29. The van der Waals surface area contributed by atoms with Crippen LogP contribution in [0.4, 0.5) is 5.69 Å². The molecule has 7 nitrogen and oxygen atoms in total. The van der Waals surface area contributed by atoms with Crippen LogP contribution in [0, 0.1) is 12.8 Å². The average Bonchev–Trinajstić information content (AvgIpc) is 2.76. The van der Waals surface area contributed by atoms with Gasteiger partial charge < -0.3 is 25.8 Å². The highest BCUT2D eigenvalue weighted by atomic mass is 35.5. The van der Waals surface area contributed by atoms with Crippen LogP contribution in [-0.2, 0) is 4.79 Å². The summed E-state index contributed by atoms with van der Waals surface area (Å²) in [7, 11) is 1.85. The molecule has 1 amide bonds. The molecule has 0 saturated carbocycles. The fraction of sp³-hybridized carbons (Fsp3) is 0.636. The van der Waals surface area contributed by atoms with Gasteiger partial charge in [0.05, 0.1) is 5.92 Å². The number of guanidine groups is 1. The first-order chi connectivity index (χ1) is 14.5. The van der Waals surface area contributed by atoms with Crippen LogP contribution < -0.4 is 16.0 Å². The number of primary amides is 1. The van der Waals surface area contributed by atoms with Crippen molar-refractivity contribution in [1.29, 1.82) is 0 Å². The van der Waals surface area contributed by atoms with Crippen LogP contribution in [0.1, 0.15) is 24.8 Å². The smallest absolute Gasteiger partial charge is 0.221 e. The molecular formula is C22H35ClN6O. The minimum Gasteiger partial charge on any atom is -0.369 e. The first-order valence-electron chi connectivity index (χ1n) is 11.0. The molecule has 8 heteroatoms. The molecule has 0 aliphatic carbocycles. The van der Waals surface area contributed by atoms with Crippen LogP contribution in [-0.4, -0.2) is 81.1 Å². The van der Waals surface area contributed by atoms with E-state index in [-0.39, 0.29) is 11.8 Å². The lowest BCUT2D eigenvalue weighted by Crippen LogP contribution is -2.53. The second-order valence-electron chi connectivity index (χ2n) is 8.27. The highest BCUT2D eigenvalue weighted by Crippen LogP contribution is 2.25. The predicted molar refractivity (Wildman–Crippen MR) is 124 cm³/mol. The van der Waals surface area contributed by atoms with Crippen LogP contribution in [0.15, 0.2) is 23.2 Å². The Morgan fingerprint density at radius 2 is 2.03 bits per heavy atom. The third-order valence-corrected chi connectivity index (χ3v) is 6.38. The number of hydrogen-bond donors (Lipinski definition) is 2. The van der Waals surface area contributed by atoms with E-state index in [0.717, 1.165) is 82.6 Å². The molecule has 2 heterocycles. The van der Waals surface area contributed by atoms with Gasteiger partial charge in [-0.1, -0.05) is 17.7 Å². The molecular weight excluding hydrogens is 400 g/mol. The van der Waals surface area contributed by atoms with Gasteiger partial charge >= 0.3 is 0 Å². The van der Waals surface area contributed by atoms with Crippen molar-refractivity contribution in [3.05, 3.63) is 28.8 Å². The van der Waals surface area contributed by atoms with E-state index >= 15 is 0 Å². The number of aliphatic imine (C=N–C) groups is 1. The highest BCUT2D eigenvalue weighted by molar-refractivity contribution is 6.30. The number of nitrogens with one attached hydrogen (secondary N) is 1. The second kappa shape index (κ2) is 10.9.